The van der Waals surface area contributed by atoms with Crippen LogP contribution in [-0.4, -0.2) is 27.2 Å². The van der Waals surface area contributed by atoms with Crippen molar-refractivity contribution in [1.29, 1.82) is 5.26 Å². The molecular formula is C29H23N5O3. The molecule has 8 nitrogen and oxygen atoms in total. The van der Waals surface area contributed by atoms with Crippen LogP contribution in [0.4, 0.5) is 5.69 Å². The molecule has 2 N–H and O–H groups in total. The highest BCUT2D eigenvalue weighted by atomic mass is 16.7. The maximum atomic E-state index is 12.9. The number of nitrogens with zero attached hydrogens (tertiary/aromatic N) is 3. The summed E-state index contributed by atoms with van der Waals surface area (Å²) in [6, 6.07) is 19.4. The number of para-hydroxylation sites is 1. The molecule has 37 heavy (non-hydrogen) atoms. The molecule has 1 amide bonds. The van der Waals surface area contributed by atoms with Gasteiger partial charge in [0.1, 0.15) is 18.4 Å². The summed E-state index contributed by atoms with van der Waals surface area (Å²) in [5.74, 6) is 1.60. The number of nitriles is 1. The lowest BCUT2D eigenvalue weighted by Crippen LogP contribution is -2.18. The van der Waals surface area contributed by atoms with Crippen molar-refractivity contribution in [2.24, 2.45) is 0 Å². The average molecular weight is 490 g/mol. The number of nitrogens with one attached hydrogen (secondary N) is 2. The number of benzene rings is 3. The van der Waals surface area contributed by atoms with Gasteiger partial charge in [-0.15, -0.1) is 0 Å². The van der Waals surface area contributed by atoms with Gasteiger partial charge in [0.2, 0.25) is 12.7 Å². The van der Waals surface area contributed by atoms with Crippen LogP contribution in [0, 0.1) is 25.2 Å². The first kappa shape index (κ1) is 22.4. The summed E-state index contributed by atoms with van der Waals surface area (Å²) >= 11 is 0. The molecule has 0 saturated carbocycles. The Bertz CT molecular complexity index is 1730. The van der Waals surface area contributed by atoms with Crippen LogP contribution < -0.4 is 14.8 Å². The summed E-state index contributed by atoms with van der Waals surface area (Å²) < 4.78 is 12.6. The first-order chi connectivity index (χ1) is 18.0. The predicted octanol–water partition coefficient (Wildman–Crippen LogP) is 5.57. The molecule has 0 saturated heterocycles. The number of hydrogen-bond donors (Lipinski definition) is 2. The Kier molecular flexibility index (Phi) is 5.38. The maximum Gasteiger partial charge on any atom is 0.244 e. The van der Waals surface area contributed by atoms with E-state index >= 15 is 0 Å². The number of carbonyl (C=O) groups excluding carboxylic acids is 1. The molecule has 3 aromatic carbocycles. The van der Waals surface area contributed by atoms with Gasteiger partial charge in [0.05, 0.1) is 16.6 Å². The Balaban J connectivity index is 1.31. The summed E-state index contributed by atoms with van der Waals surface area (Å²) in [5, 5.41) is 13.8. The number of aromatic nitrogens is 3. The largest absolute Gasteiger partial charge is 0.454 e. The van der Waals surface area contributed by atoms with Gasteiger partial charge in [-0.1, -0.05) is 18.2 Å². The molecule has 0 bridgehead atoms. The Hall–Kier alpha value is -5.03. The molecule has 1 aliphatic heterocycles. The second-order valence-electron chi connectivity index (χ2n) is 9.05. The number of amides is 1. The van der Waals surface area contributed by atoms with Crippen LogP contribution in [0.1, 0.15) is 22.5 Å². The van der Waals surface area contributed by atoms with E-state index in [2.05, 4.69) is 21.4 Å². The van der Waals surface area contributed by atoms with Crippen LogP contribution >= 0.6 is 0 Å². The smallest absolute Gasteiger partial charge is 0.244 e. The Morgan fingerprint density at radius 3 is 2.81 bits per heavy atom. The fraction of sp³-hybridized carbons (Fsp3) is 0.138. The van der Waals surface area contributed by atoms with E-state index in [0.29, 0.717) is 28.6 Å². The van der Waals surface area contributed by atoms with Crippen molar-refractivity contribution in [2.75, 3.05) is 12.1 Å². The Morgan fingerprint density at radius 1 is 1.14 bits per heavy atom. The minimum Gasteiger partial charge on any atom is -0.454 e. The summed E-state index contributed by atoms with van der Waals surface area (Å²) in [6.07, 6.45) is 3.70. The number of ether oxygens (including phenoxy) is 2. The minimum absolute atomic E-state index is 0.105. The third-order valence-electron chi connectivity index (χ3n) is 6.56. The van der Waals surface area contributed by atoms with Crippen molar-refractivity contribution in [3.05, 3.63) is 83.3 Å². The molecule has 182 valence electrons. The second kappa shape index (κ2) is 8.88. The number of H-pyrrole nitrogens is 1. The number of aromatic amines is 1. The Morgan fingerprint density at radius 2 is 1.95 bits per heavy atom. The van der Waals surface area contributed by atoms with E-state index in [1.807, 2.05) is 67.1 Å². The fourth-order valence-electron chi connectivity index (χ4n) is 4.56. The zero-order valence-corrected chi connectivity index (χ0v) is 20.3. The number of imidazole rings is 1. The van der Waals surface area contributed by atoms with E-state index in [4.69, 9.17) is 9.47 Å². The van der Waals surface area contributed by atoms with Crippen molar-refractivity contribution in [1.82, 2.24) is 14.5 Å². The average Bonchev–Trinajstić information content (AvgIpc) is 3.60. The summed E-state index contributed by atoms with van der Waals surface area (Å²) in [6.45, 7) is 4.37. The molecule has 0 aliphatic carbocycles. The number of fused-ring (bicyclic) bond motifs is 3. The zero-order valence-electron chi connectivity index (χ0n) is 20.3. The SMILES string of the molecule is Cc1cc2nc(/C(C#N)=C\c3cn(CC(=O)Nc4ccc5c(c4)OCO5)c4ccccc34)[nH]c2cc1C. The normalized spacial score (nSPS) is 12.7. The van der Waals surface area contributed by atoms with E-state index in [1.54, 1.807) is 18.2 Å². The first-order valence-electron chi connectivity index (χ1n) is 11.8. The molecule has 0 atom stereocenters. The van der Waals surface area contributed by atoms with Gasteiger partial charge in [0.15, 0.2) is 11.5 Å². The topological polar surface area (TPSA) is 105 Å². The van der Waals surface area contributed by atoms with Gasteiger partial charge in [-0.3, -0.25) is 4.79 Å². The number of aryl methyl sites for hydroxylation is 2. The molecule has 0 unspecified atom stereocenters. The highest BCUT2D eigenvalue weighted by molar-refractivity contribution is 5.99. The molecule has 0 radical (unpaired) electrons. The van der Waals surface area contributed by atoms with E-state index in [9.17, 15) is 10.1 Å². The zero-order chi connectivity index (χ0) is 25.5. The standard InChI is InChI=1S/C29H23N5O3/c1-17-9-23-24(10-18(17)2)33-29(32-23)19(13-30)11-20-14-34(25-6-4-3-5-22(20)25)15-28(35)31-21-7-8-26-27(12-21)37-16-36-26/h3-12,14H,15-16H2,1-2H3,(H,31,35)(H,32,33)/b19-11-. The van der Waals surface area contributed by atoms with Crippen molar-refractivity contribution in [3.63, 3.8) is 0 Å². The summed E-state index contributed by atoms with van der Waals surface area (Å²) in [5.41, 5.74) is 6.79. The molecule has 3 heterocycles. The van der Waals surface area contributed by atoms with E-state index in [1.165, 1.54) is 0 Å². The molecule has 5 aromatic rings. The monoisotopic (exact) mass is 489 g/mol. The van der Waals surface area contributed by atoms with Gasteiger partial charge >= 0.3 is 0 Å². The third kappa shape index (κ3) is 4.17. The number of allylic oxidation sites excluding steroid dienone is 1. The quantitative estimate of drug-likeness (QED) is 0.314. The summed E-state index contributed by atoms with van der Waals surface area (Å²) in [4.78, 5) is 20.8. The van der Waals surface area contributed by atoms with Gasteiger partial charge in [-0.2, -0.15) is 5.26 Å². The van der Waals surface area contributed by atoms with Gasteiger partial charge < -0.3 is 24.3 Å². The molecule has 1 aliphatic rings. The number of rotatable bonds is 5. The van der Waals surface area contributed by atoms with E-state index in [0.717, 1.165) is 38.6 Å². The van der Waals surface area contributed by atoms with Crippen LogP contribution in [0.25, 0.3) is 33.6 Å². The van der Waals surface area contributed by atoms with E-state index < -0.39 is 0 Å². The van der Waals surface area contributed by atoms with Gasteiger partial charge in [0.25, 0.3) is 0 Å². The fourth-order valence-corrected chi connectivity index (χ4v) is 4.56. The lowest BCUT2D eigenvalue weighted by Gasteiger charge is -2.08. The van der Waals surface area contributed by atoms with Gasteiger partial charge in [0, 0.05) is 34.4 Å². The number of hydrogen-bond acceptors (Lipinski definition) is 5. The number of carbonyl (C=O) groups is 1. The molecule has 2 aromatic heterocycles. The lowest BCUT2D eigenvalue weighted by atomic mass is 10.1. The highest BCUT2D eigenvalue weighted by Crippen LogP contribution is 2.34. The van der Waals surface area contributed by atoms with Crippen LogP contribution in [0.2, 0.25) is 0 Å². The molecule has 6 rings (SSSR count). The van der Waals surface area contributed by atoms with Crippen LogP contribution in [0.15, 0.2) is 60.8 Å². The van der Waals surface area contributed by atoms with Gasteiger partial charge in [-0.05, 0) is 61.4 Å². The maximum absolute atomic E-state index is 12.9. The number of anilines is 1. The van der Waals surface area contributed by atoms with E-state index in [-0.39, 0.29) is 19.2 Å². The third-order valence-corrected chi connectivity index (χ3v) is 6.56. The van der Waals surface area contributed by atoms with Crippen molar-refractivity contribution in [2.45, 2.75) is 20.4 Å². The molecular weight excluding hydrogens is 466 g/mol. The highest BCUT2D eigenvalue weighted by Gasteiger charge is 2.16. The Labute approximate surface area is 212 Å². The van der Waals surface area contributed by atoms with Gasteiger partial charge in [-0.25, -0.2) is 4.98 Å². The van der Waals surface area contributed by atoms with Crippen LogP contribution in [0.3, 0.4) is 0 Å². The first-order valence-corrected chi connectivity index (χ1v) is 11.8. The van der Waals surface area contributed by atoms with Crippen molar-refractivity contribution >= 4 is 45.2 Å². The molecule has 0 fully saturated rings. The lowest BCUT2D eigenvalue weighted by molar-refractivity contribution is -0.116. The molecule has 8 heteroatoms. The van der Waals surface area contributed by atoms with Crippen molar-refractivity contribution < 1.29 is 14.3 Å². The second-order valence-corrected chi connectivity index (χ2v) is 9.05. The molecule has 0 spiro atoms. The summed E-state index contributed by atoms with van der Waals surface area (Å²) in [7, 11) is 0. The minimum atomic E-state index is -0.182. The van der Waals surface area contributed by atoms with Crippen molar-refractivity contribution in [3.8, 4) is 17.6 Å². The predicted molar refractivity (Wildman–Crippen MR) is 142 cm³/mol. The van der Waals surface area contributed by atoms with Crippen LogP contribution in [0.5, 0.6) is 11.5 Å². The van der Waals surface area contributed by atoms with Crippen LogP contribution in [-0.2, 0) is 11.3 Å².